The molecule has 2 aromatic carbocycles. The summed E-state index contributed by atoms with van der Waals surface area (Å²) in [5, 5.41) is 0. The molecule has 0 bridgehead atoms. The SMILES string of the molecule is c1ccc(COc2ccc(OCCC[NH+]3CCCC3)cc2)cc1. The third-order valence-electron chi connectivity index (χ3n) is 4.33. The first-order valence-electron chi connectivity index (χ1n) is 8.63. The van der Waals surface area contributed by atoms with Crippen molar-refractivity contribution in [3.05, 3.63) is 60.2 Å². The topological polar surface area (TPSA) is 22.9 Å². The van der Waals surface area contributed by atoms with E-state index in [1.54, 1.807) is 4.90 Å². The number of ether oxygens (including phenoxy) is 2. The molecule has 1 aliphatic heterocycles. The first-order chi connectivity index (χ1) is 11.4. The Bertz CT molecular complexity index is 562. The van der Waals surface area contributed by atoms with E-state index in [-0.39, 0.29) is 0 Å². The molecule has 0 aromatic heterocycles. The van der Waals surface area contributed by atoms with Gasteiger partial charge in [-0.3, -0.25) is 0 Å². The molecule has 1 heterocycles. The van der Waals surface area contributed by atoms with Gasteiger partial charge >= 0.3 is 0 Å². The van der Waals surface area contributed by atoms with Crippen LogP contribution in [0.25, 0.3) is 0 Å². The Kier molecular flexibility index (Phi) is 5.93. The van der Waals surface area contributed by atoms with Crippen LogP contribution in [0.4, 0.5) is 0 Å². The lowest BCUT2D eigenvalue weighted by atomic mass is 10.2. The van der Waals surface area contributed by atoms with E-state index in [0.717, 1.165) is 24.5 Å². The summed E-state index contributed by atoms with van der Waals surface area (Å²) < 4.78 is 11.6. The smallest absolute Gasteiger partial charge is 0.120 e. The Balaban J connectivity index is 1.36. The van der Waals surface area contributed by atoms with Gasteiger partial charge in [-0.2, -0.15) is 0 Å². The van der Waals surface area contributed by atoms with E-state index in [4.69, 9.17) is 9.47 Å². The maximum absolute atomic E-state index is 5.81. The number of likely N-dealkylation sites (tertiary alicyclic amines) is 1. The molecule has 1 N–H and O–H groups in total. The molecule has 0 atom stereocenters. The molecular formula is C20H26NO2+. The maximum Gasteiger partial charge on any atom is 0.120 e. The van der Waals surface area contributed by atoms with Crippen LogP contribution in [0.15, 0.2) is 54.6 Å². The summed E-state index contributed by atoms with van der Waals surface area (Å²) in [5.74, 6) is 1.80. The van der Waals surface area contributed by atoms with Gasteiger partial charge in [0.25, 0.3) is 0 Å². The molecule has 2 aromatic rings. The zero-order valence-corrected chi connectivity index (χ0v) is 13.7. The van der Waals surface area contributed by atoms with Crippen LogP contribution in [0.1, 0.15) is 24.8 Å². The molecule has 23 heavy (non-hydrogen) atoms. The van der Waals surface area contributed by atoms with E-state index in [1.807, 2.05) is 42.5 Å². The van der Waals surface area contributed by atoms with E-state index in [2.05, 4.69) is 12.1 Å². The van der Waals surface area contributed by atoms with Crippen LogP contribution >= 0.6 is 0 Å². The monoisotopic (exact) mass is 312 g/mol. The number of rotatable bonds is 8. The van der Waals surface area contributed by atoms with Crippen molar-refractivity contribution in [1.82, 2.24) is 0 Å². The van der Waals surface area contributed by atoms with Crippen LogP contribution in [0, 0.1) is 0 Å². The fraction of sp³-hybridized carbons (Fsp3) is 0.400. The lowest BCUT2D eigenvalue weighted by molar-refractivity contribution is -0.887. The Morgan fingerprint density at radius 2 is 1.43 bits per heavy atom. The molecule has 0 aliphatic carbocycles. The van der Waals surface area contributed by atoms with Gasteiger partial charge in [0.2, 0.25) is 0 Å². The van der Waals surface area contributed by atoms with E-state index in [0.29, 0.717) is 6.61 Å². The molecule has 3 nitrogen and oxygen atoms in total. The van der Waals surface area contributed by atoms with Crippen LogP contribution in [-0.2, 0) is 6.61 Å². The summed E-state index contributed by atoms with van der Waals surface area (Å²) in [6.07, 6.45) is 3.91. The van der Waals surface area contributed by atoms with Gasteiger partial charge in [-0.05, 0) is 29.8 Å². The first kappa shape index (κ1) is 15.9. The van der Waals surface area contributed by atoms with Crippen LogP contribution in [0.2, 0.25) is 0 Å². The number of hydrogen-bond donors (Lipinski definition) is 1. The van der Waals surface area contributed by atoms with Gasteiger partial charge in [0, 0.05) is 19.3 Å². The molecule has 0 spiro atoms. The summed E-state index contributed by atoms with van der Waals surface area (Å²) in [7, 11) is 0. The molecule has 0 saturated carbocycles. The number of hydrogen-bond acceptors (Lipinski definition) is 2. The predicted octanol–water partition coefficient (Wildman–Crippen LogP) is 2.71. The van der Waals surface area contributed by atoms with E-state index >= 15 is 0 Å². The Morgan fingerprint density at radius 3 is 2.13 bits per heavy atom. The van der Waals surface area contributed by atoms with Crippen molar-refractivity contribution in [2.45, 2.75) is 25.9 Å². The molecule has 3 rings (SSSR count). The lowest BCUT2D eigenvalue weighted by Crippen LogP contribution is -3.10. The van der Waals surface area contributed by atoms with Gasteiger partial charge in [-0.25, -0.2) is 0 Å². The molecule has 1 aliphatic rings. The maximum atomic E-state index is 5.81. The summed E-state index contributed by atoms with van der Waals surface area (Å²) in [6.45, 7) is 5.31. The second-order valence-corrected chi connectivity index (χ2v) is 6.15. The summed E-state index contributed by atoms with van der Waals surface area (Å²) in [6, 6.07) is 18.1. The predicted molar refractivity (Wildman–Crippen MR) is 92.1 cm³/mol. The summed E-state index contributed by atoms with van der Waals surface area (Å²) in [5.41, 5.74) is 1.18. The number of benzene rings is 2. The molecule has 1 fully saturated rings. The van der Waals surface area contributed by atoms with Crippen molar-refractivity contribution < 1.29 is 14.4 Å². The van der Waals surface area contributed by atoms with Gasteiger partial charge in [0.15, 0.2) is 0 Å². The third kappa shape index (κ3) is 5.29. The lowest BCUT2D eigenvalue weighted by Gasteiger charge is -2.12. The van der Waals surface area contributed by atoms with Gasteiger partial charge in [-0.15, -0.1) is 0 Å². The molecule has 0 unspecified atom stereocenters. The molecule has 1 saturated heterocycles. The van der Waals surface area contributed by atoms with Gasteiger partial charge in [0.05, 0.1) is 26.2 Å². The quantitative estimate of drug-likeness (QED) is 0.758. The molecule has 0 radical (unpaired) electrons. The van der Waals surface area contributed by atoms with Gasteiger partial charge in [0.1, 0.15) is 18.1 Å². The highest BCUT2D eigenvalue weighted by molar-refractivity contribution is 5.31. The zero-order chi connectivity index (χ0) is 15.7. The Hall–Kier alpha value is -2.00. The molecular weight excluding hydrogens is 286 g/mol. The number of quaternary nitrogens is 1. The standard InChI is InChI=1S/C20H25NO2/c1-2-7-18(8-3-1)17-23-20-11-9-19(10-12-20)22-16-6-15-21-13-4-5-14-21/h1-3,7-12H,4-6,13-17H2/p+1. The number of nitrogens with one attached hydrogen (secondary N) is 1. The minimum Gasteiger partial charge on any atom is -0.493 e. The fourth-order valence-corrected chi connectivity index (χ4v) is 3.01. The second-order valence-electron chi connectivity index (χ2n) is 6.15. The van der Waals surface area contributed by atoms with Crippen LogP contribution in [0.5, 0.6) is 11.5 Å². The van der Waals surface area contributed by atoms with Crippen LogP contribution in [0.3, 0.4) is 0 Å². The largest absolute Gasteiger partial charge is 0.493 e. The highest BCUT2D eigenvalue weighted by Gasteiger charge is 2.14. The zero-order valence-electron chi connectivity index (χ0n) is 13.7. The average Bonchev–Trinajstić information content (AvgIpc) is 3.12. The Labute approximate surface area is 138 Å². The molecule has 0 amide bonds. The fourth-order valence-electron chi connectivity index (χ4n) is 3.01. The molecule has 122 valence electrons. The minimum atomic E-state index is 0.597. The second kappa shape index (κ2) is 8.59. The normalized spacial score (nSPS) is 14.8. The highest BCUT2D eigenvalue weighted by Crippen LogP contribution is 2.18. The Morgan fingerprint density at radius 1 is 0.783 bits per heavy atom. The average molecular weight is 312 g/mol. The van der Waals surface area contributed by atoms with Gasteiger partial charge in [-0.1, -0.05) is 30.3 Å². The highest BCUT2D eigenvalue weighted by atomic mass is 16.5. The van der Waals surface area contributed by atoms with Crippen molar-refractivity contribution in [2.75, 3.05) is 26.2 Å². The third-order valence-corrected chi connectivity index (χ3v) is 4.33. The first-order valence-corrected chi connectivity index (χ1v) is 8.63. The van der Waals surface area contributed by atoms with E-state index in [1.165, 1.54) is 38.0 Å². The van der Waals surface area contributed by atoms with Crippen molar-refractivity contribution in [3.63, 3.8) is 0 Å². The van der Waals surface area contributed by atoms with E-state index in [9.17, 15) is 0 Å². The van der Waals surface area contributed by atoms with Gasteiger partial charge < -0.3 is 14.4 Å². The van der Waals surface area contributed by atoms with Crippen LogP contribution in [-0.4, -0.2) is 26.2 Å². The summed E-state index contributed by atoms with van der Waals surface area (Å²) >= 11 is 0. The van der Waals surface area contributed by atoms with Crippen molar-refractivity contribution in [2.24, 2.45) is 0 Å². The van der Waals surface area contributed by atoms with Crippen molar-refractivity contribution >= 4 is 0 Å². The molecule has 3 heteroatoms. The van der Waals surface area contributed by atoms with E-state index < -0.39 is 0 Å². The summed E-state index contributed by atoms with van der Waals surface area (Å²) in [4.78, 5) is 1.73. The van der Waals surface area contributed by atoms with Crippen LogP contribution < -0.4 is 14.4 Å². The van der Waals surface area contributed by atoms with Crippen molar-refractivity contribution in [1.29, 1.82) is 0 Å². The minimum absolute atomic E-state index is 0.597. The van der Waals surface area contributed by atoms with Crippen molar-refractivity contribution in [3.8, 4) is 11.5 Å².